The average molecular weight is 451 g/mol. The smallest absolute Gasteiger partial charge is 0.329 e. The van der Waals surface area contributed by atoms with E-state index in [1.54, 1.807) is 40.4 Å². The van der Waals surface area contributed by atoms with Crippen LogP contribution in [0, 0.1) is 0 Å². The van der Waals surface area contributed by atoms with Crippen LogP contribution in [0.2, 0.25) is 0 Å². The number of nitrogens with one attached hydrogen (secondary N) is 1. The van der Waals surface area contributed by atoms with Gasteiger partial charge in [-0.15, -0.1) is 0 Å². The third-order valence-corrected chi connectivity index (χ3v) is 5.64. The first kappa shape index (κ1) is 19.0. The standard InChI is InChI=1S/C22H19BrN4O2/c1-26-19-8-4-5-9-20(19)27(22(26)29)13-15-11-10-14(12-16(15)23)21(28)25-18-7-3-2-6-17(18)24/h2-12H,13,24H2,1H3,(H,25,28). The number of nitrogen functional groups attached to an aromatic ring is 1. The number of nitrogens with zero attached hydrogens (tertiary/aromatic N) is 2. The van der Waals surface area contributed by atoms with Gasteiger partial charge in [0, 0.05) is 17.1 Å². The summed E-state index contributed by atoms with van der Waals surface area (Å²) in [5.41, 5.74) is 10.0. The van der Waals surface area contributed by atoms with Crippen molar-refractivity contribution in [2.45, 2.75) is 6.54 Å². The number of hydrogen-bond donors (Lipinski definition) is 2. The number of fused-ring (bicyclic) bond motifs is 1. The van der Waals surface area contributed by atoms with Crippen LogP contribution in [-0.4, -0.2) is 15.0 Å². The van der Waals surface area contributed by atoms with Crippen molar-refractivity contribution in [1.82, 2.24) is 9.13 Å². The van der Waals surface area contributed by atoms with Crippen LogP contribution in [0.1, 0.15) is 15.9 Å². The van der Waals surface area contributed by atoms with Gasteiger partial charge in [0.15, 0.2) is 0 Å². The lowest BCUT2D eigenvalue weighted by molar-refractivity contribution is 0.102. The van der Waals surface area contributed by atoms with E-state index in [1.807, 2.05) is 42.5 Å². The Bertz CT molecular complexity index is 1290. The summed E-state index contributed by atoms with van der Waals surface area (Å²) in [5.74, 6) is -0.252. The van der Waals surface area contributed by atoms with E-state index in [-0.39, 0.29) is 11.6 Å². The number of nitrogens with two attached hydrogens (primary N) is 1. The van der Waals surface area contributed by atoms with Crippen LogP contribution >= 0.6 is 15.9 Å². The fraction of sp³-hybridized carbons (Fsp3) is 0.0909. The molecule has 4 aromatic rings. The normalized spacial score (nSPS) is 11.0. The molecule has 6 nitrogen and oxygen atoms in total. The zero-order valence-electron chi connectivity index (χ0n) is 15.7. The molecule has 1 amide bonds. The Morgan fingerprint density at radius 3 is 2.45 bits per heavy atom. The fourth-order valence-corrected chi connectivity index (χ4v) is 3.81. The predicted molar refractivity (Wildman–Crippen MR) is 119 cm³/mol. The van der Waals surface area contributed by atoms with Crippen molar-refractivity contribution in [3.8, 4) is 0 Å². The van der Waals surface area contributed by atoms with Gasteiger partial charge in [-0.3, -0.25) is 13.9 Å². The van der Waals surface area contributed by atoms with Crippen LogP contribution in [0.3, 0.4) is 0 Å². The van der Waals surface area contributed by atoms with E-state index in [2.05, 4.69) is 21.2 Å². The first-order valence-corrected chi connectivity index (χ1v) is 9.83. The van der Waals surface area contributed by atoms with E-state index in [1.165, 1.54) is 0 Å². The number of anilines is 2. The monoisotopic (exact) mass is 450 g/mol. The SMILES string of the molecule is Cn1c(=O)n(Cc2ccc(C(=O)Nc3ccccc3N)cc2Br)c2ccccc21. The van der Waals surface area contributed by atoms with Gasteiger partial charge < -0.3 is 11.1 Å². The highest BCUT2D eigenvalue weighted by atomic mass is 79.9. The van der Waals surface area contributed by atoms with E-state index >= 15 is 0 Å². The number of aryl methyl sites for hydroxylation is 1. The first-order chi connectivity index (χ1) is 14.0. The lowest BCUT2D eigenvalue weighted by Gasteiger charge is -2.10. The molecule has 0 aliphatic heterocycles. The van der Waals surface area contributed by atoms with E-state index in [4.69, 9.17) is 5.73 Å². The van der Waals surface area contributed by atoms with Gasteiger partial charge in [0.05, 0.1) is 29.0 Å². The molecule has 3 aromatic carbocycles. The van der Waals surface area contributed by atoms with Gasteiger partial charge in [-0.2, -0.15) is 0 Å². The van der Waals surface area contributed by atoms with Crippen molar-refractivity contribution >= 4 is 44.2 Å². The summed E-state index contributed by atoms with van der Waals surface area (Å²) in [5, 5.41) is 2.82. The molecule has 1 heterocycles. The lowest BCUT2D eigenvalue weighted by atomic mass is 10.1. The molecule has 146 valence electrons. The molecule has 0 unspecified atom stereocenters. The molecule has 0 atom stereocenters. The maximum Gasteiger partial charge on any atom is 0.329 e. The van der Waals surface area contributed by atoms with E-state index < -0.39 is 0 Å². The molecule has 3 N–H and O–H groups in total. The molecule has 7 heteroatoms. The number of halogens is 1. The number of aromatic nitrogens is 2. The number of amides is 1. The predicted octanol–water partition coefficient (Wildman–Crippen LogP) is 3.99. The molecular weight excluding hydrogens is 432 g/mol. The summed E-state index contributed by atoms with van der Waals surface area (Å²) in [6.45, 7) is 0.397. The average Bonchev–Trinajstić information content (AvgIpc) is 2.96. The largest absolute Gasteiger partial charge is 0.397 e. The Morgan fingerprint density at radius 1 is 1.03 bits per heavy atom. The van der Waals surface area contributed by atoms with Crippen LogP contribution in [0.5, 0.6) is 0 Å². The Labute approximate surface area is 175 Å². The molecule has 0 spiro atoms. The maximum absolute atomic E-state index is 12.6. The molecule has 1 aromatic heterocycles. The van der Waals surface area contributed by atoms with Gasteiger partial charge in [0.2, 0.25) is 0 Å². The number of rotatable bonds is 4. The second-order valence-corrected chi connectivity index (χ2v) is 7.62. The number of benzene rings is 3. The van der Waals surface area contributed by atoms with Crippen LogP contribution in [0.4, 0.5) is 11.4 Å². The molecule has 29 heavy (non-hydrogen) atoms. The van der Waals surface area contributed by atoms with E-state index in [0.717, 1.165) is 21.1 Å². The van der Waals surface area contributed by atoms with Gasteiger partial charge in [0.25, 0.3) is 5.91 Å². The van der Waals surface area contributed by atoms with Gasteiger partial charge in [-0.25, -0.2) is 4.79 Å². The minimum Gasteiger partial charge on any atom is -0.397 e. The molecule has 0 saturated carbocycles. The van der Waals surface area contributed by atoms with Crippen molar-refractivity contribution in [3.05, 3.63) is 92.8 Å². The second kappa shape index (κ2) is 7.60. The van der Waals surface area contributed by atoms with Crippen molar-refractivity contribution in [3.63, 3.8) is 0 Å². The van der Waals surface area contributed by atoms with Crippen molar-refractivity contribution in [1.29, 1.82) is 0 Å². The van der Waals surface area contributed by atoms with Gasteiger partial charge in [-0.1, -0.05) is 46.3 Å². The third kappa shape index (κ3) is 3.56. The topological polar surface area (TPSA) is 82.0 Å². The van der Waals surface area contributed by atoms with Gasteiger partial charge in [0.1, 0.15) is 0 Å². The molecule has 0 aliphatic rings. The third-order valence-electron chi connectivity index (χ3n) is 4.90. The van der Waals surface area contributed by atoms with Crippen molar-refractivity contribution in [2.75, 3.05) is 11.1 Å². The summed E-state index contributed by atoms with van der Waals surface area (Å²) in [6, 6.07) is 20.1. The minimum absolute atomic E-state index is 0.0838. The Kier molecular flexibility index (Phi) is 4.98. The quantitative estimate of drug-likeness (QED) is 0.461. The van der Waals surface area contributed by atoms with Crippen molar-refractivity contribution in [2.24, 2.45) is 7.05 Å². The summed E-state index contributed by atoms with van der Waals surface area (Å²) in [4.78, 5) is 25.2. The van der Waals surface area contributed by atoms with Crippen LogP contribution in [0.15, 0.2) is 76.0 Å². The number of carbonyl (C=O) groups is 1. The minimum atomic E-state index is -0.252. The number of imidazole rings is 1. The van der Waals surface area contributed by atoms with E-state index in [9.17, 15) is 9.59 Å². The zero-order chi connectivity index (χ0) is 20.5. The summed E-state index contributed by atoms with van der Waals surface area (Å²) in [7, 11) is 1.76. The Morgan fingerprint density at radius 2 is 1.72 bits per heavy atom. The molecule has 4 rings (SSSR count). The Hall–Kier alpha value is -3.32. The van der Waals surface area contributed by atoms with Crippen molar-refractivity contribution < 1.29 is 4.79 Å². The highest BCUT2D eigenvalue weighted by Crippen LogP contribution is 2.23. The molecule has 0 fully saturated rings. The first-order valence-electron chi connectivity index (χ1n) is 9.04. The lowest BCUT2D eigenvalue weighted by Crippen LogP contribution is -2.23. The van der Waals surface area contributed by atoms with Crippen LogP contribution in [0.25, 0.3) is 11.0 Å². The summed E-state index contributed by atoms with van der Waals surface area (Å²) in [6.07, 6.45) is 0. The zero-order valence-corrected chi connectivity index (χ0v) is 17.3. The highest BCUT2D eigenvalue weighted by molar-refractivity contribution is 9.10. The second-order valence-electron chi connectivity index (χ2n) is 6.76. The van der Waals surface area contributed by atoms with Gasteiger partial charge in [-0.05, 0) is 42.0 Å². The number of hydrogen-bond acceptors (Lipinski definition) is 3. The van der Waals surface area contributed by atoms with E-state index in [0.29, 0.717) is 23.5 Å². The summed E-state index contributed by atoms with van der Waals surface area (Å²) >= 11 is 3.54. The van der Waals surface area contributed by atoms with Gasteiger partial charge >= 0.3 is 5.69 Å². The fourth-order valence-electron chi connectivity index (χ4n) is 3.31. The summed E-state index contributed by atoms with van der Waals surface area (Å²) < 4.78 is 4.11. The highest BCUT2D eigenvalue weighted by Gasteiger charge is 2.14. The molecule has 0 aliphatic carbocycles. The number of carbonyl (C=O) groups excluding carboxylic acids is 1. The van der Waals surface area contributed by atoms with Crippen LogP contribution < -0.4 is 16.7 Å². The molecule has 0 bridgehead atoms. The molecule has 0 radical (unpaired) electrons. The number of para-hydroxylation sites is 4. The molecular formula is C22H19BrN4O2. The van der Waals surface area contributed by atoms with Crippen LogP contribution in [-0.2, 0) is 13.6 Å². The molecule has 0 saturated heterocycles. The Balaban J connectivity index is 1.62. The maximum atomic E-state index is 12.6.